The van der Waals surface area contributed by atoms with Gasteiger partial charge in [0.2, 0.25) is 0 Å². The van der Waals surface area contributed by atoms with E-state index in [0.717, 1.165) is 6.42 Å². The van der Waals surface area contributed by atoms with E-state index < -0.39 is 10.2 Å². The van der Waals surface area contributed by atoms with Crippen LogP contribution in [0.5, 0.6) is 0 Å². The van der Waals surface area contributed by atoms with Gasteiger partial charge in [0, 0.05) is 26.2 Å². The Balaban J connectivity index is 2.08. The number of hydrogen-bond donors (Lipinski definition) is 0. The van der Waals surface area contributed by atoms with Crippen molar-refractivity contribution in [3.63, 3.8) is 0 Å². The van der Waals surface area contributed by atoms with E-state index in [2.05, 4.69) is 13.8 Å². The average Bonchev–Trinajstić information content (AvgIpc) is 2.29. The molecule has 2 aliphatic heterocycles. The lowest BCUT2D eigenvalue weighted by Gasteiger charge is -2.38. The monoisotopic (exact) mass is 262 g/mol. The van der Waals surface area contributed by atoms with Gasteiger partial charge in [-0.25, -0.2) is 0 Å². The zero-order valence-corrected chi connectivity index (χ0v) is 11.4. The molecule has 2 fully saturated rings. The van der Waals surface area contributed by atoms with Gasteiger partial charge in [0.1, 0.15) is 0 Å². The Kier molecular flexibility index (Phi) is 4.07. The molecule has 0 aromatic carbocycles. The summed E-state index contributed by atoms with van der Waals surface area (Å²) in [5, 5.41) is 0. The fourth-order valence-corrected chi connectivity index (χ4v) is 4.56. The zero-order valence-electron chi connectivity index (χ0n) is 10.6. The fourth-order valence-electron chi connectivity index (χ4n) is 2.73. The summed E-state index contributed by atoms with van der Waals surface area (Å²) in [6.07, 6.45) is 1.12. The van der Waals surface area contributed by atoms with Crippen LogP contribution in [-0.2, 0) is 14.9 Å². The van der Waals surface area contributed by atoms with E-state index in [1.54, 1.807) is 8.61 Å². The maximum Gasteiger partial charge on any atom is 0.282 e. The first-order chi connectivity index (χ1) is 8.00. The van der Waals surface area contributed by atoms with E-state index in [4.69, 9.17) is 4.74 Å². The molecule has 0 bridgehead atoms. The van der Waals surface area contributed by atoms with E-state index >= 15 is 0 Å². The van der Waals surface area contributed by atoms with E-state index in [1.807, 2.05) is 0 Å². The molecule has 0 amide bonds. The molecule has 5 nitrogen and oxygen atoms in total. The third-order valence-electron chi connectivity index (χ3n) is 3.46. The molecule has 0 aliphatic carbocycles. The van der Waals surface area contributed by atoms with Crippen LogP contribution in [0.4, 0.5) is 0 Å². The standard InChI is InChI=1S/C11H22N2O3S/c1-10-7-11(2)9-13(8-10)17(14,15)12-3-5-16-6-4-12/h10-11H,3-9H2,1-2H3. The fraction of sp³-hybridized carbons (Fsp3) is 1.00. The molecule has 0 N–H and O–H groups in total. The Hall–Kier alpha value is -0.170. The lowest BCUT2D eigenvalue weighted by Crippen LogP contribution is -2.52. The summed E-state index contributed by atoms with van der Waals surface area (Å²) in [5.74, 6) is 0.907. The van der Waals surface area contributed by atoms with Crippen LogP contribution in [0.25, 0.3) is 0 Å². The van der Waals surface area contributed by atoms with Crippen LogP contribution >= 0.6 is 0 Å². The first-order valence-corrected chi connectivity index (χ1v) is 7.73. The Morgan fingerprint density at radius 1 is 1.00 bits per heavy atom. The molecule has 0 saturated carbocycles. The van der Waals surface area contributed by atoms with Crippen molar-refractivity contribution in [1.29, 1.82) is 0 Å². The van der Waals surface area contributed by atoms with Crippen molar-refractivity contribution in [3.8, 4) is 0 Å². The maximum absolute atomic E-state index is 12.4. The number of ether oxygens (including phenoxy) is 1. The molecule has 17 heavy (non-hydrogen) atoms. The second-order valence-electron chi connectivity index (χ2n) is 5.28. The number of nitrogens with zero attached hydrogens (tertiary/aromatic N) is 2. The van der Waals surface area contributed by atoms with Gasteiger partial charge in [0.25, 0.3) is 10.2 Å². The SMILES string of the molecule is CC1CC(C)CN(S(=O)(=O)N2CCOCC2)C1. The predicted octanol–water partition coefficient (Wildman–Crippen LogP) is 0.541. The molecule has 2 saturated heterocycles. The van der Waals surface area contributed by atoms with Gasteiger partial charge in [-0.15, -0.1) is 0 Å². The highest BCUT2D eigenvalue weighted by molar-refractivity contribution is 7.86. The van der Waals surface area contributed by atoms with Crippen molar-refractivity contribution in [2.75, 3.05) is 39.4 Å². The van der Waals surface area contributed by atoms with E-state index in [0.29, 0.717) is 51.2 Å². The highest BCUT2D eigenvalue weighted by Crippen LogP contribution is 2.24. The molecule has 2 unspecified atom stereocenters. The molecule has 2 atom stereocenters. The zero-order chi connectivity index (χ0) is 12.5. The third-order valence-corrected chi connectivity index (χ3v) is 5.43. The second kappa shape index (κ2) is 5.22. The average molecular weight is 262 g/mol. The van der Waals surface area contributed by atoms with E-state index in [9.17, 15) is 8.42 Å². The van der Waals surface area contributed by atoms with Crippen LogP contribution in [-0.4, -0.2) is 56.4 Å². The molecule has 6 heteroatoms. The minimum absolute atomic E-state index is 0.453. The molecule has 2 rings (SSSR count). The van der Waals surface area contributed by atoms with E-state index in [-0.39, 0.29) is 0 Å². The van der Waals surface area contributed by atoms with Crippen LogP contribution < -0.4 is 0 Å². The molecular formula is C11H22N2O3S. The third kappa shape index (κ3) is 2.99. The van der Waals surface area contributed by atoms with Crippen LogP contribution in [0.3, 0.4) is 0 Å². The van der Waals surface area contributed by atoms with Crippen molar-refractivity contribution >= 4 is 10.2 Å². The first kappa shape index (κ1) is 13.3. The van der Waals surface area contributed by atoms with Crippen LogP contribution in [0.1, 0.15) is 20.3 Å². The predicted molar refractivity (Wildman–Crippen MR) is 65.8 cm³/mol. The van der Waals surface area contributed by atoms with Crippen molar-refractivity contribution in [3.05, 3.63) is 0 Å². The summed E-state index contributed by atoms with van der Waals surface area (Å²) in [6.45, 7) is 7.56. The summed E-state index contributed by atoms with van der Waals surface area (Å²) < 4.78 is 33.3. The van der Waals surface area contributed by atoms with Crippen LogP contribution in [0, 0.1) is 11.8 Å². The lowest BCUT2D eigenvalue weighted by molar-refractivity contribution is 0.0683. The molecule has 0 spiro atoms. The molecule has 0 aromatic rings. The lowest BCUT2D eigenvalue weighted by atomic mass is 9.94. The molecular weight excluding hydrogens is 240 g/mol. The van der Waals surface area contributed by atoms with Crippen molar-refractivity contribution in [1.82, 2.24) is 8.61 Å². The Labute approximate surface area is 104 Å². The van der Waals surface area contributed by atoms with Gasteiger partial charge in [-0.3, -0.25) is 0 Å². The quantitative estimate of drug-likeness (QED) is 0.730. The van der Waals surface area contributed by atoms with E-state index in [1.165, 1.54) is 0 Å². The summed E-state index contributed by atoms with van der Waals surface area (Å²) in [4.78, 5) is 0. The highest BCUT2D eigenvalue weighted by Gasteiger charge is 2.35. The largest absolute Gasteiger partial charge is 0.379 e. The molecule has 0 aromatic heterocycles. The van der Waals surface area contributed by atoms with Gasteiger partial charge in [-0.1, -0.05) is 13.8 Å². The minimum Gasteiger partial charge on any atom is -0.379 e. The number of rotatable bonds is 2. The summed E-state index contributed by atoms with van der Waals surface area (Å²) in [5.41, 5.74) is 0. The number of piperidine rings is 1. The number of morpholine rings is 1. The van der Waals surface area contributed by atoms with Gasteiger partial charge in [0.05, 0.1) is 13.2 Å². The topological polar surface area (TPSA) is 49.9 Å². The highest BCUT2D eigenvalue weighted by atomic mass is 32.2. The Morgan fingerprint density at radius 3 is 2.06 bits per heavy atom. The van der Waals surface area contributed by atoms with Crippen molar-refractivity contribution in [2.24, 2.45) is 11.8 Å². The summed E-state index contributed by atoms with van der Waals surface area (Å²) >= 11 is 0. The summed E-state index contributed by atoms with van der Waals surface area (Å²) in [7, 11) is -3.26. The Morgan fingerprint density at radius 2 is 1.53 bits per heavy atom. The Bertz CT molecular complexity index is 342. The minimum atomic E-state index is -3.26. The second-order valence-corrected chi connectivity index (χ2v) is 7.21. The van der Waals surface area contributed by atoms with Crippen LogP contribution in [0.15, 0.2) is 0 Å². The van der Waals surface area contributed by atoms with Crippen molar-refractivity contribution in [2.45, 2.75) is 20.3 Å². The van der Waals surface area contributed by atoms with Gasteiger partial charge >= 0.3 is 0 Å². The maximum atomic E-state index is 12.4. The van der Waals surface area contributed by atoms with Gasteiger partial charge < -0.3 is 4.74 Å². The molecule has 100 valence electrons. The number of hydrogen-bond acceptors (Lipinski definition) is 3. The first-order valence-electron chi connectivity index (χ1n) is 6.33. The van der Waals surface area contributed by atoms with Crippen LogP contribution in [0.2, 0.25) is 0 Å². The smallest absolute Gasteiger partial charge is 0.282 e. The summed E-state index contributed by atoms with van der Waals surface area (Å²) in [6, 6.07) is 0. The van der Waals surface area contributed by atoms with Crippen molar-refractivity contribution < 1.29 is 13.2 Å². The normalized spacial score (nSPS) is 33.8. The molecule has 2 aliphatic rings. The molecule has 0 radical (unpaired) electrons. The van der Waals surface area contributed by atoms with Gasteiger partial charge in [0.15, 0.2) is 0 Å². The van der Waals surface area contributed by atoms with Gasteiger partial charge in [-0.2, -0.15) is 17.0 Å². The molecule has 2 heterocycles. The van der Waals surface area contributed by atoms with Gasteiger partial charge in [-0.05, 0) is 18.3 Å².